The smallest absolute Gasteiger partial charge is 0.239 e. The molecule has 1 N–H and O–H groups in total. The highest BCUT2D eigenvalue weighted by Crippen LogP contribution is 2.54. The van der Waals surface area contributed by atoms with Crippen LogP contribution in [0.3, 0.4) is 0 Å². The van der Waals surface area contributed by atoms with E-state index in [0.717, 1.165) is 29.9 Å². The van der Waals surface area contributed by atoms with Crippen molar-refractivity contribution >= 4 is 17.5 Å². The zero-order valence-corrected chi connectivity index (χ0v) is 14.4. The number of nitrogens with one attached hydrogen (secondary N) is 1. The molecule has 2 aromatic heterocycles. The van der Waals surface area contributed by atoms with Crippen molar-refractivity contribution in [2.24, 2.45) is 18.4 Å². The minimum Gasteiger partial charge on any atom is -0.355 e. The molecule has 2 aromatic rings. The van der Waals surface area contributed by atoms with Crippen LogP contribution >= 0.6 is 0 Å². The summed E-state index contributed by atoms with van der Waals surface area (Å²) in [5.41, 5.74) is 1.53. The van der Waals surface area contributed by atoms with Crippen LogP contribution in [-0.2, 0) is 7.05 Å². The lowest BCUT2D eigenvalue weighted by Gasteiger charge is -2.52. The Labute approximate surface area is 145 Å². The van der Waals surface area contributed by atoms with E-state index in [0.29, 0.717) is 25.0 Å². The molecule has 0 aromatic carbocycles. The molecular weight excluding hydrogens is 326 g/mol. The van der Waals surface area contributed by atoms with Crippen molar-refractivity contribution in [1.82, 2.24) is 19.7 Å². The zero-order chi connectivity index (χ0) is 17.6. The van der Waals surface area contributed by atoms with Crippen LogP contribution in [0.2, 0.25) is 0 Å². The molecule has 2 aliphatic rings. The van der Waals surface area contributed by atoms with Crippen molar-refractivity contribution < 1.29 is 8.78 Å². The van der Waals surface area contributed by atoms with Crippen molar-refractivity contribution in [1.29, 1.82) is 0 Å². The van der Waals surface area contributed by atoms with Crippen LogP contribution < -0.4 is 10.2 Å². The first kappa shape index (κ1) is 16.2. The van der Waals surface area contributed by atoms with Crippen LogP contribution in [0.1, 0.15) is 24.8 Å². The highest BCUT2D eigenvalue weighted by molar-refractivity contribution is 5.56. The van der Waals surface area contributed by atoms with Crippen molar-refractivity contribution in [2.45, 2.75) is 32.6 Å². The summed E-state index contributed by atoms with van der Waals surface area (Å²) in [4.78, 5) is 11.0. The van der Waals surface area contributed by atoms with Crippen LogP contribution in [-0.4, -0.2) is 39.3 Å². The molecular formula is C17H22F2N6. The molecule has 134 valence electrons. The Morgan fingerprint density at radius 3 is 2.68 bits per heavy atom. The number of aryl methyl sites for hydroxylation is 2. The largest absolute Gasteiger partial charge is 0.355 e. The molecule has 0 radical (unpaired) electrons. The van der Waals surface area contributed by atoms with Gasteiger partial charge in [0.25, 0.3) is 0 Å². The minimum absolute atomic E-state index is 0.000903. The molecule has 4 rings (SSSR count). The number of nitrogens with zero attached hydrogens (tertiary/aromatic N) is 5. The topological polar surface area (TPSA) is 58.9 Å². The summed E-state index contributed by atoms with van der Waals surface area (Å²) in [6, 6.07) is 0. The maximum atomic E-state index is 13.0. The summed E-state index contributed by atoms with van der Waals surface area (Å²) in [7, 11) is 1.84. The van der Waals surface area contributed by atoms with E-state index in [1.165, 1.54) is 0 Å². The van der Waals surface area contributed by atoms with Crippen LogP contribution in [0.4, 0.5) is 26.2 Å². The Balaban J connectivity index is 1.50. The number of anilines is 3. The van der Waals surface area contributed by atoms with E-state index in [1.54, 1.807) is 17.1 Å². The minimum atomic E-state index is -2.24. The third-order valence-corrected chi connectivity index (χ3v) is 5.22. The van der Waals surface area contributed by atoms with Gasteiger partial charge in [0.15, 0.2) is 0 Å². The molecule has 0 unspecified atom stereocenters. The van der Waals surface area contributed by atoms with Gasteiger partial charge in [-0.2, -0.15) is 10.1 Å². The molecule has 8 heteroatoms. The number of halogens is 2. The summed E-state index contributed by atoms with van der Waals surface area (Å²) >= 11 is 0. The van der Waals surface area contributed by atoms with Gasteiger partial charge in [0, 0.05) is 49.9 Å². The van der Waals surface area contributed by atoms with Crippen molar-refractivity contribution in [3.63, 3.8) is 0 Å². The van der Waals surface area contributed by atoms with Gasteiger partial charge in [0.05, 0.1) is 11.9 Å². The highest BCUT2D eigenvalue weighted by atomic mass is 19.3. The molecule has 1 saturated heterocycles. The van der Waals surface area contributed by atoms with Gasteiger partial charge < -0.3 is 10.2 Å². The van der Waals surface area contributed by atoms with E-state index in [1.807, 2.05) is 20.2 Å². The van der Waals surface area contributed by atoms with E-state index in [2.05, 4.69) is 25.3 Å². The molecule has 1 aliphatic carbocycles. The maximum absolute atomic E-state index is 13.0. The van der Waals surface area contributed by atoms with Crippen molar-refractivity contribution in [2.75, 3.05) is 23.3 Å². The first-order valence-electron chi connectivity index (χ1n) is 8.58. The highest BCUT2D eigenvalue weighted by Gasteiger charge is 2.54. The number of aromatic nitrogens is 4. The lowest BCUT2D eigenvalue weighted by atomic mass is 9.72. The Kier molecular flexibility index (Phi) is 3.85. The summed E-state index contributed by atoms with van der Waals surface area (Å²) in [6.45, 7) is 3.27. The third-order valence-electron chi connectivity index (χ3n) is 5.22. The number of hydrogen-bond acceptors (Lipinski definition) is 5. The lowest BCUT2D eigenvalue weighted by molar-refractivity contribution is 0.0395. The van der Waals surface area contributed by atoms with Gasteiger partial charge in [-0.15, -0.1) is 0 Å². The number of hydrogen-bond donors (Lipinski definition) is 1. The van der Waals surface area contributed by atoms with Gasteiger partial charge in [-0.25, -0.2) is 13.8 Å². The molecule has 1 saturated carbocycles. The zero-order valence-electron chi connectivity index (χ0n) is 14.4. The van der Waals surface area contributed by atoms with Gasteiger partial charge >= 0.3 is 0 Å². The van der Waals surface area contributed by atoms with Crippen molar-refractivity contribution in [3.8, 4) is 0 Å². The fraction of sp³-hybridized carbons (Fsp3) is 0.588. The fourth-order valence-electron chi connectivity index (χ4n) is 3.85. The molecule has 6 nitrogen and oxygen atoms in total. The van der Waals surface area contributed by atoms with Gasteiger partial charge in [-0.05, 0) is 25.7 Å². The standard InChI is InChI=1S/C17H22F2N6/c1-11-6-20-16(22-13-7-21-24(2)8-13)23-15(11)25-9-17(10-25,5-14(18)19)12-3-4-12/h6-8,12,14H,3-5,9-10H2,1-2H3,(H,20,22,23). The van der Waals surface area contributed by atoms with Gasteiger partial charge in [-0.3, -0.25) is 4.68 Å². The molecule has 25 heavy (non-hydrogen) atoms. The Hall–Kier alpha value is -2.25. The van der Waals surface area contributed by atoms with Gasteiger partial charge in [0.1, 0.15) is 5.82 Å². The lowest BCUT2D eigenvalue weighted by Crippen LogP contribution is -2.59. The van der Waals surface area contributed by atoms with Crippen LogP contribution in [0, 0.1) is 18.3 Å². The van der Waals surface area contributed by atoms with E-state index in [-0.39, 0.29) is 11.8 Å². The van der Waals surface area contributed by atoms with E-state index >= 15 is 0 Å². The molecule has 1 aliphatic heterocycles. The average Bonchev–Trinajstić information content (AvgIpc) is 3.29. The van der Waals surface area contributed by atoms with Crippen LogP contribution in [0.15, 0.2) is 18.6 Å². The number of rotatable bonds is 6. The first-order valence-corrected chi connectivity index (χ1v) is 8.58. The Bertz CT molecular complexity index is 764. The fourth-order valence-corrected chi connectivity index (χ4v) is 3.85. The Morgan fingerprint density at radius 2 is 2.08 bits per heavy atom. The molecule has 0 bridgehead atoms. The second kappa shape index (κ2) is 5.93. The average molecular weight is 348 g/mol. The van der Waals surface area contributed by atoms with Crippen molar-refractivity contribution in [3.05, 3.63) is 24.2 Å². The van der Waals surface area contributed by atoms with E-state index < -0.39 is 6.43 Å². The quantitative estimate of drug-likeness (QED) is 0.869. The second-order valence-corrected chi connectivity index (χ2v) is 7.32. The SMILES string of the molecule is Cc1cnc(Nc2cnn(C)c2)nc1N1CC(CC(F)F)(C2CC2)C1. The predicted octanol–water partition coefficient (Wildman–Crippen LogP) is 3.13. The predicted molar refractivity (Wildman–Crippen MR) is 91.3 cm³/mol. The van der Waals surface area contributed by atoms with Gasteiger partial charge in [0.2, 0.25) is 12.4 Å². The monoisotopic (exact) mass is 348 g/mol. The normalized spacial score (nSPS) is 19.2. The summed E-state index contributed by atoms with van der Waals surface area (Å²) < 4.78 is 27.7. The van der Waals surface area contributed by atoms with Crippen LogP contribution in [0.25, 0.3) is 0 Å². The number of alkyl halides is 2. The molecule has 0 atom stereocenters. The molecule has 0 amide bonds. The molecule has 3 heterocycles. The van der Waals surface area contributed by atoms with E-state index in [9.17, 15) is 8.78 Å². The summed E-state index contributed by atoms with van der Waals surface area (Å²) in [5, 5.41) is 7.24. The maximum Gasteiger partial charge on any atom is 0.239 e. The van der Waals surface area contributed by atoms with E-state index in [4.69, 9.17) is 0 Å². The first-order chi connectivity index (χ1) is 11.9. The van der Waals surface area contributed by atoms with Crippen LogP contribution in [0.5, 0.6) is 0 Å². The third kappa shape index (κ3) is 3.17. The Morgan fingerprint density at radius 1 is 1.32 bits per heavy atom. The summed E-state index contributed by atoms with van der Waals surface area (Å²) in [6.07, 6.45) is 5.23. The van der Waals surface area contributed by atoms with Gasteiger partial charge in [-0.1, -0.05) is 0 Å². The summed E-state index contributed by atoms with van der Waals surface area (Å²) in [5.74, 6) is 1.77. The molecule has 2 fully saturated rings. The molecule has 0 spiro atoms. The second-order valence-electron chi connectivity index (χ2n) is 7.32.